The summed E-state index contributed by atoms with van der Waals surface area (Å²) in [6.07, 6.45) is 0. The van der Waals surface area contributed by atoms with Crippen molar-refractivity contribution in [1.82, 2.24) is 5.32 Å². The summed E-state index contributed by atoms with van der Waals surface area (Å²) in [5.41, 5.74) is 3.56. The third-order valence-corrected chi connectivity index (χ3v) is 4.09. The molecule has 1 heterocycles. The standard InChI is InChI=1S/C15H21NO2/c1-10-5-6-12(11(2)7-10)15(3)9-16-8-13(15)14(17)18-4/h5-7,13,16H,8-9H2,1-4H3. The molecule has 0 amide bonds. The van der Waals surface area contributed by atoms with Gasteiger partial charge in [0.2, 0.25) is 0 Å². The molecule has 1 N–H and O–H groups in total. The molecule has 18 heavy (non-hydrogen) atoms. The molecule has 0 spiro atoms. The second-order valence-corrected chi connectivity index (χ2v) is 5.44. The van der Waals surface area contributed by atoms with Crippen molar-refractivity contribution in [3.8, 4) is 0 Å². The summed E-state index contributed by atoms with van der Waals surface area (Å²) in [7, 11) is 1.46. The van der Waals surface area contributed by atoms with Crippen molar-refractivity contribution < 1.29 is 9.53 Å². The maximum Gasteiger partial charge on any atom is 0.310 e. The fourth-order valence-corrected chi connectivity index (χ4v) is 3.05. The number of ether oxygens (including phenoxy) is 1. The van der Waals surface area contributed by atoms with Crippen LogP contribution in [0.1, 0.15) is 23.6 Å². The number of hydrogen-bond donors (Lipinski definition) is 1. The van der Waals surface area contributed by atoms with E-state index in [1.165, 1.54) is 23.8 Å². The summed E-state index contributed by atoms with van der Waals surface area (Å²) in [6.45, 7) is 7.85. The molecule has 3 heteroatoms. The zero-order chi connectivity index (χ0) is 13.3. The van der Waals surface area contributed by atoms with Gasteiger partial charge >= 0.3 is 5.97 Å². The SMILES string of the molecule is COC(=O)C1CNCC1(C)c1ccc(C)cc1C. The van der Waals surface area contributed by atoms with E-state index in [9.17, 15) is 4.79 Å². The Morgan fingerprint density at radius 2 is 2.17 bits per heavy atom. The van der Waals surface area contributed by atoms with Crippen molar-refractivity contribution in [2.45, 2.75) is 26.2 Å². The Kier molecular flexibility index (Phi) is 3.44. The van der Waals surface area contributed by atoms with Crippen LogP contribution in [0.15, 0.2) is 18.2 Å². The molecule has 1 saturated heterocycles. The van der Waals surface area contributed by atoms with Crippen LogP contribution in [0.2, 0.25) is 0 Å². The zero-order valence-corrected chi connectivity index (χ0v) is 11.5. The highest BCUT2D eigenvalue weighted by molar-refractivity contribution is 5.75. The van der Waals surface area contributed by atoms with Gasteiger partial charge in [-0.2, -0.15) is 0 Å². The molecule has 0 radical (unpaired) electrons. The maximum absolute atomic E-state index is 11.9. The highest BCUT2D eigenvalue weighted by Gasteiger charge is 2.45. The zero-order valence-electron chi connectivity index (χ0n) is 11.5. The van der Waals surface area contributed by atoms with Gasteiger partial charge in [0.1, 0.15) is 0 Å². The Hall–Kier alpha value is -1.35. The molecule has 0 aliphatic carbocycles. The van der Waals surface area contributed by atoms with Crippen LogP contribution in [0.3, 0.4) is 0 Å². The average molecular weight is 247 g/mol. The first kappa shape index (κ1) is 13.1. The number of rotatable bonds is 2. The fraction of sp³-hybridized carbons (Fsp3) is 0.533. The fourth-order valence-electron chi connectivity index (χ4n) is 3.05. The lowest BCUT2D eigenvalue weighted by molar-refractivity contribution is -0.146. The topological polar surface area (TPSA) is 38.3 Å². The largest absolute Gasteiger partial charge is 0.469 e. The van der Waals surface area contributed by atoms with Crippen LogP contribution < -0.4 is 5.32 Å². The lowest BCUT2D eigenvalue weighted by Crippen LogP contribution is -2.37. The molecule has 0 aromatic heterocycles. The molecule has 1 aromatic rings. The van der Waals surface area contributed by atoms with Crippen molar-refractivity contribution >= 4 is 5.97 Å². The maximum atomic E-state index is 11.9. The summed E-state index contributed by atoms with van der Waals surface area (Å²) in [4.78, 5) is 11.9. The average Bonchev–Trinajstić information content (AvgIpc) is 2.71. The third kappa shape index (κ3) is 2.03. The van der Waals surface area contributed by atoms with Crippen LogP contribution in [0.4, 0.5) is 0 Å². The van der Waals surface area contributed by atoms with Crippen molar-refractivity contribution in [1.29, 1.82) is 0 Å². The van der Waals surface area contributed by atoms with E-state index < -0.39 is 0 Å². The van der Waals surface area contributed by atoms with E-state index in [2.05, 4.69) is 44.3 Å². The van der Waals surface area contributed by atoms with Crippen LogP contribution in [-0.2, 0) is 14.9 Å². The normalized spacial score (nSPS) is 27.2. The molecule has 2 unspecified atom stereocenters. The number of methoxy groups -OCH3 is 1. The molecule has 2 rings (SSSR count). The van der Waals surface area contributed by atoms with Gasteiger partial charge in [-0.15, -0.1) is 0 Å². The van der Waals surface area contributed by atoms with Crippen LogP contribution in [-0.4, -0.2) is 26.2 Å². The van der Waals surface area contributed by atoms with Gasteiger partial charge in [-0.25, -0.2) is 0 Å². The van der Waals surface area contributed by atoms with Gasteiger partial charge in [-0.1, -0.05) is 30.7 Å². The van der Waals surface area contributed by atoms with Gasteiger partial charge in [0, 0.05) is 18.5 Å². The van der Waals surface area contributed by atoms with Crippen LogP contribution in [0.25, 0.3) is 0 Å². The van der Waals surface area contributed by atoms with Crippen molar-refractivity contribution in [3.63, 3.8) is 0 Å². The smallest absolute Gasteiger partial charge is 0.310 e. The second-order valence-electron chi connectivity index (χ2n) is 5.44. The van der Waals surface area contributed by atoms with E-state index in [0.29, 0.717) is 6.54 Å². The second kappa shape index (κ2) is 4.73. The summed E-state index contributed by atoms with van der Waals surface area (Å²) >= 11 is 0. The molecule has 98 valence electrons. The molecule has 1 aromatic carbocycles. The molecular formula is C15H21NO2. The summed E-state index contributed by atoms with van der Waals surface area (Å²) in [5.74, 6) is -0.230. The Labute approximate surface area is 109 Å². The molecule has 1 aliphatic rings. The molecule has 0 bridgehead atoms. The number of hydrogen-bond acceptors (Lipinski definition) is 3. The quantitative estimate of drug-likeness (QED) is 0.812. The van der Waals surface area contributed by atoms with Crippen LogP contribution >= 0.6 is 0 Å². The Bertz CT molecular complexity index is 470. The van der Waals surface area contributed by atoms with Crippen LogP contribution in [0.5, 0.6) is 0 Å². The predicted molar refractivity (Wildman–Crippen MR) is 71.6 cm³/mol. The molecule has 0 saturated carbocycles. The number of carbonyl (C=O) groups excluding carboxylic acids is 1. The van der Waals surface area contributed by atoms with Crippen LogP contribution in [0, 0.1) is 19.8 Å². The van der Waals surface area contributed by atoms with Gasteiger partial charge < -0.3 is 10.1 Å². The lowest BCUT2D eigenvalue weighted by Gasteiger charge is -2.31. The summed E-state index contributed by atoms with van der Waals surface area (Å²) < 4.78 is 4.94. The van der Waals surface area contributed by atoms with E-state index in [1.807, 2.05) is 0 Å². The first-order chi connectivity index (χ1) is 8.49. The first-order valence-electron chi connectivity index (χ1n) is 6.35. The predicted octanol–water partition coefficient (Wildman–Crippen LogP) is 1.95. The number of aryl methyl sites for hydroxylation is 2. The van der Waals surface area contributed by atoms with Gasteiger partial charge in [0.05, 0.1) is 13.0 Å². The minimum Gasteiger partial charge on any atom is -0.469 e. The van der Waals surface area contributed by atoms with Crippen molar-refractivity contribution in [2.75, 3.05) is 20.2 Å². The first-order valence-corrected chi connectivity index (χ1v) is 6.35. The summed E-state index contributed by atoms with van der Waals surface area (Å²) in [5, 5.41) is 3.32. The number of nitrogens with one attached hydrogen (secondary N) is 1. The molecule has 3 nitrogen and oxygen atoms in total. The lowest BCUT2D eigenvalue weighted by atomic mass is 9.72. The minimum atomic E-state index is -0.176. The molecule has 1 aliphatic heterocycles. The Morgan fingerprint density at radius 1 is 1.44 bits per heavy atom. The van der Waals surface area contributed by atoms with E-state index in [1.54, 1.807) is 0 Å². The van der Waals surface area contributed by atoms with E-state index in [4.69, 9.17) is 4.74 Å². The van der Waals surface area contributed by atoms with Gasteiger partial charge in [0.15, 0.2) is 0 Å². The molecular weight excluding hydrogens is 226 g/mol. The third-order valence-electron chi connectivity index (χ3n) is 4.09. The van der Waals surface area contributed by atoms with E-state index >= 15 is 0 Å². The Balaban J connectivity index is 2.43. The Morgan fingerprint density at radius 3 is 2.78 bits per heavy atom. The van der Waals surface area contributed by atoms with Gasteiger partial charge in [-0.3, -0.25) is 4.79 Å². The number of esters is 1. The van der Waals surface area contributed by atoms with Gasteiger partial charge in [-0.05, 0) is 25.0 Å². The highest BCUT2D eigenvalue weighted by Crippen LogP contribution is 2.37. The van der Waals surface area contributed by atoms with Crippen molar-refractivity contribution in [2.24, 2.45) is 5.92 Å². The number of benzene rings is 1. The molecule has 1 fully saturated rings. The molecule has 2 atom stereocenters. The van der Waals surface area contributed by atoms with E-state index in [-0.39, 0.29) is 17.3 Å². The van der Waals surface area contributed by atoms with E-state index in [0.717, 1.165) is 6.54 Å². The minimum absolute atomic E-state index is 0.107. The monoisotopic (exact) mass is 247 g/mol. The summed E-state index contributed by atoms with van der Waals surface area (Å²) in [6, 6.07) is 6.43. The number of carbonyl (C=O) groups is 1. The van der Waals surface area contributed by atoms with Crippen molar-refractivity contribution in [3.05, 3.63) is 34.9 Å². The highest BCUT2D eigenvalue weighted by atomic mass is 16.5. The van der Waals surface area contributed by atoms with Gasteiger partial charge in [0.25, 0.3) is 0 Å².